The van der Waals surface area contributed by atoms with Crippen LogP contribution in [0.2, 0.25) is 0 Å². The van der Waals surface area contributed by atoms with Gasteiger partial charge in [-0.25, -0.2) is 0 Å². The number of rotatable bonds is 4. The maximum absolute atomic E-state index is 7.33. The lowest BCUT2D eigenvalue weighted by Crippen LogP contribution is -2.59. The third kappa shape index (κ3) is 4.07. The Kier molecular flexibility index (Phi) is 6.20. The van der Waals surface area contributed by atoms with Gasteiger partial charge in [-0.05, 0) is 81.8 Å². The summed E-state index contributed by atoms with van der Waals surface area (Å²) in [5, 5.41) is 0. The maximum Gasteiger partial charge on any atom is 0.212 e. The summed E-state index contributed by atoms with van der Waals surface area (Å²) in [6.45, 7) is 15.8. The first-order valence-corrected chi connectivity index (χ1v) is 15.9. The number of hydrogen-bond donors (Lipinski definition) is 0. The van der Waals surface area contributed by atoms with Crippen LogP contribution in [0, 0.1) is 13.8 Å². The minimum Gasteiger partial charge on any atom is -0.463 e. The van der Waals surface area contributed by atoms with E-state index in [9.17, 15) is 0 Å². The molecule has 3 aliphatic heterocycles. The van der Waals surface area contributed by atoms with Gasteiger partial charge in [-0.1, -0.05) is 61.4 Å². The summed E-state index contributed by atoms with van der Waals surface area (Å²) in [6, 6.07) is 31.2. The molecule has 0 aromatic heterocycles. The van der Waals surface area contributed by atoms with Crippen LogP contribution in [0.1, 0.15) is 55.5 Å². The summed E-state index contributed by atoms with van der Waals surface area (Å²) in [5.74, 6) is 0.946. The molecule has 226 valence electrons. The Morgan fingerprint density at radius 1 is 0.818 bits per heavy atom. The lowest BCUT2D eigenvalue weighted by molar-refractivity contribution is 0.0570. The molecule has 7 rings (SSSR count). The number of likely N-dealkylation sites (N-methyl/N-ethyl adjacent to an activating group) is 2. The van der Waals surface area contributed by atoms with E-state index in [2.05, 4.69) is 163 Å². The zero-order chi connectivity index (χ0) is 31.2. The molecule has 0 N–H and O–H groups in total. The number of para-hydroxylation sites is 1. The lowest BCUT2D eigenvalue weighted by atomic mass is 9.75. The summed E-state index contributed by atoms with van der Waals surface area (Å²) < 4.78 is 8.19. The standard InChI is InChI=1S/C40H46N3O/c1-27-15-19-35-33(21-27)39(5,6)40(42(35)8)24-29(25-43(9)26-38(3,4)34-22-28(2)16-20-36(34)43)32-18-17-31(23-37(32)44-40)41(7)30-13-11-10-12-14-30/h10-24H,25-26H2,1-9H3/q+1. The molecule has 4 nitrogen and oxygen atoms in total. The van der Waals surface area contributed by atoms with Gasteiger partial charge in [0, 0.05) is 59.3 Å². The number of benzene rings is 4. The second-order valence-electron chi connectivity index (χ2n) is 14.9. The SMILES string of the molecule is Cc1ccc2c(c1)C(C)(C)C[N+]2(C)CC1=CC2(Oc3cc(N(C)c4ccccc4)ccc31)N(C)c1ccc(C)cc1C2(C)C. The van der Waals surface area contributed by atoms with Crippen molar-refractivity contribution in [2.45, 2.75) is 58.1 Å². The van der Waals surface area contributed by atoms with Crippen LogP contribution in [-0.4, -0.2) is 40.0 Å². The molecule has 0 fully saturated rings. The van der Waals surface area contributed by atoms with E-state index < -0.39 is 5.72 Å². The van der Waals surface area contributed by atoms with Crippen LogP contribution in [0.15, 0.2) is 91.0 Å². The molecular formula is C40H46N3O+. The molecule has 44 heavy (non-hydrogen) atoms. The zero-order valence-corrected chi connectivity index (χ0v) is 27.8. The second kappa shape index (κ2) is 9.49. The molecule has 2 unspecified atom stereocenters. The van der Waals surface area contributed by atoms with Crippen molar-refractivity contribution >= 4 is 28.3 Å². The van der Waals surface area contributed by atoms with Crippen LogP contribution < -0.4 is 19.0 Å². The average Bonchev–Trinajstić information content (AvgIpc) is 3.27. The Labute approximate surface area is 263 Å². The predicted octanol–water partition coefficient (Wildman–Crippen LogP) is 8.90. The number of quaternary nitrogens is 1. The normalized spacial score (nSPS) is 23.9. The maximum atomic E-state index is 7.33. The van der Waals surface area contributed by atoms with E-state index in [1.54, 1.807) is 0 Å². The molecule has 0 bridgehead atoms. The number of ether oxygens (including phenoxy) is 1. The highest BCUT2D eigenvalue weighted by Crippen LogP contribution is 2.57. The van der Waals surface area contributed by atoms with Gasteiger partial charge in [0.2, 0.25) is 5.72 Å². The summed E-state index contributed by atoms with van der Waals surface area (Å²) >= 11 is 0. The largest absolute Gasteiger partial charge is 0.463 e. The third-order valence-corrected chi connectivity index (χ3v) is 10.8. The quantitative estimate of drug-likeness (QED) is 0.223. The number of hydrogen-bond acceptors (Lipinski definition) is 3. The van der Waals surface area contributed by atoms with Crippen molar-refractivity contribution in [2.24, 2.45) is 0 Å². The molecule has 4 aromatic rings. The summed E-state index contributed by atoms with van der Waals surface area (Å²) in [7, 11) is 6.76. The van der Waals surface area contributed by atoms with Crippen LogP contribution in [0.5, 0.6) is 5.75 Å². The molecular weight excluding hydrogens is 538 g/mol. The van der Waals surface area contributed by atoms with Gasteiger partial charge >= 0.3 is 0 Å². The van der Waals surface area contributed by atoms with Crippen LogP contribution in [0.25, 0.3) is 5.57 Å². The highest BCUT2D eigenvalue weighted by Gasteiger charge is 2.59. The fourth-order valence-corrected chi connectivity index (χ4v) is 8.44. The monoisotopic (exact) mass is 584 g/mol. The predicted molar refractivity (Wildman–Crippen MR) is 187 cm³/mol. The summed E-state index contributed by atoms with van der Waals surface area (Å²) in [5.41, 5.74) is 12.0. The molecule has 4 heteroatoms. The van der Waals surface area contributed by atoms with Crippen molar-refractivity contribution < 1.29 is 4.74 Å². The minimum absolute atomic E-state index is 0.0990. The second-order valence-corrected chi connectivity index (χ2v) is 14.9. The first-order valence-electron chi connectivity index (χ1n) is 15.9. The van der Waals surface area contributed by atoms with E-state index in [4.69, 9.17) is 4.74 Å². The molecule has 0 amide bonds. The van der Waals surface area contributed by atoms with Gasteiger partial charge in [-0.3, -0.25) is 4.48 Å². The first kappa shape index (κ1) is 28.7. The number of aryl methyl sites for hydroxylation is 2. The van der Waals surface area contributed by atoms with Crippen molar-refractivity contribution in [3.05, 3.63) is 119 Å². The van der Waals surface area contributed by atoms with E-state index in [-0.39, 0.29) is 10.8 Å². The summed E-state index contributed by atoms with van der Waals surface area (Å²) in [6.07, 6.45) is 2.47. The van der Waals surface area contributed by atoms with Gasteiger partial charge < -0.3 is 14.5 Å². The third-order valence-electron chi connectivity index (χ3n) is 10.8. The Morgan fingerprint density at radius 2 is 1.50 bits per heavy atom. The fraction of sp³-hybridized carbons (Fsp3) is 0.350. The average molecular weight is 585 g/mol. The van der Waals surface area contributed by atoms with Crippen molar-refractivity contribution in [1.82, 2.24) is 4.48 Å². The van der Waals surface area contributed by atoms with Gasteiger partial charge in [-0.2, -0.15) is 0 Å². The molecule has 4 aromatic carbocycles. The van der Waals surface area contributed by atoms with Crippen LogP contribution in [-0.2, 0) is 10.8 Å². The van der Waals surface area contributed by atoms with Crippen molar-refractivity contribution in [3.8, 4) is 5.75 Å². The van der Waals surface area contributed by atoms with E-state index in [0.29, 0.717) is 0 Å². The van der Waals surface area contributed by atoms with Gasteiger partial charge in [0.15, 0.2) is 0 Å². The molecule has 3 aliphatic rings. The molecule has 3 heterocycles. The molecule has 0 saturated heterocycles. The van der Waals surface area contributed by atoms with Gasteiger partial charge in [0.05, 0.1) is 19.0 Å². The molecule has 0 radical (unpaired) electrons. The van der Waals surface area contributed by atoms with E-state index in [1.807, 2.05) is 0 Å². The topological polar surface area (TPSA) is 15.7 Å². The van der Waals surface area contributed by atoms with E-state index in [1.165, 1.54) is 44.8 Å². The van der Waals surface area contributed by atoms with Crippen molar-refractivity contribution in [1.29, 1.82) is 0 Å². The zero-order valence-electron chi connectivity index (χ0n) is 27.8. The fourth-order valence-electron chi connectivity index (χ4n) is 8.44. The molecule has 0 saturated carbocycles. The first-order chi connectivity index (χ1) is 20.8. The highest BCUT2D eigenvalue weighted by atomic mass is 16.5. The smallest absolute Gasteiger partial charge is 0.212 e. The van der Waals surface area contributed by atoms with Crippen LogP contribution >= 0.6 is 0 Å². The highest BCUT2D eigenvalue weighted by molar-refractivity contribution is 5.82. The van der Waals surface area contributed by atoms with E-state index in [0.717, 1.165) is 34.7 Å². The Hall–Kier alpha value is -4.02. The molecule has 0 aliphatic carbocycles. The van der Waals surface area contributed by atoms with Crippen molar-refractivity contribution in [2.75, 3.05) is 44.0 Å². The Morgan fingerprint density at radius 3 is 2.23 bits per heavy atom. The summed E-state index contributed by atoms with van der Waals surface area (Å²) in [4.78, 5) is 4.62. The number of nitrogens with zero attached hydrogens (tertiary/aromatic N) is 3. The Balaban J connectivity index is 1.40. The van der Waals surface area contributed by atoms with Crippen LogP contribution in [0.3, 0.4) is 0 Å². The van der Waals surface area contributed by atoms with Gasteiger partial charge in [0.1, 0.15) is 18.0 Å². The van der Waals surface area contributed by atoms with Gasteiger partial charge in [0.25, 0.3) is 0 Å². The van der Waals surface area contributed by atoms with Gasteiger partial charge in [-0.15, -0.1) is 0 Å². The molecule has 2 atom stereocenters. The Bertz CT molecular complexity index is 1820. The van der Waals surface area contributed by atoms with E-state index >= 15 is 0 Å². The van der Waals surface area contributed by atoms with Crippen molar-refractivity contribution in [3.63, 3.8) is 0 Å². The molecule has 1 spiro atoms. The lowest BCUT2D eigenvalue weighted by Gasteiger charge is -2.47. The number of anilines is 3. The van der Waals surface area contributed by atoms with Crippen LogP contribution in [0.4, 0.5) is 22.7 Å². The number of fused-ring (bicyclic) bond motifs is 3. The minimum atomic E-state index is -0.667.